The number of rotatable bonds is 20. The van der Waals surface area contributed by atoms with Gasteiger partial charge in [0.25, 0.3) is 0 Å². The number of fused-ring (bicyclic) bond motifs is 1. The van der Waals surface area contributed by atoms with Gasteiger partial charge in [-0.05, 0) is 83.1 Å². The molecule has 0 saturated heterocycles. The standard InChI is InChI=1S/C44H54O6/c1-5-8-9-10-11-12-13-14-15-16-42(45)49-40-26-23-35(24-27-40)34-17-19-36(20-18-34)44(47)50-41-28-25-38-29-37(21-22-39(38)30-41)32(4)43(46)48-31-33(6-2)7-3/h17-30,32-33H,5-16,31H2,1-4H3/t32-/m0/s1. The summed E-state index contributed by atoms with van der Waals surface area (Å²) in [5.74, 6) is 0.132. The van der Waals surface area contributed by atoms with Crippen LogP contribution in [0.2, 0.25) is 0 Å². The van der Waals surface area contributed by atoms with Crippen molar-refractivity contribution in [3.63, 3.8) is 0 Å². The van der Waals surface area contributed by atoms with E-state index in [0.717, 1.165) is 53.1 Å². The fraction of sp³-hybridized carbons (Fsp3) is 0.432. The Kier molecular flexibility index (Phi) is 15.6. The van der Waals surface area contributed by atoms with E-state index in [9.17, 15) is 14.4 Å². The van der Waals surface area contributed by atoms with Crippen molar-refractivity contribution in [2.24, 2.45) is 5.92 Å². The highest BCUT2D eigenvalue weighted by Crippen LogP contribution is 2.28. The molecule has 6 nitrogen and oxygen atoms in total. The van der Waals surface area contributed by atoms with Gasteiger partial charge in [0.15, 0.2) is 0 Å². The second kappa shape index (κ2) is 20.3. The summed E-state index contributed by atoms with van der Waals surface area (Å²) in [7, 11) is 0. The van der Waals surface area contributed by atoms with Crippen LogP contribution in [0, 0.1) is 5.92 Å². The summed E-state index contributed by atoms with van der Waals surface area (Å²) >= 11 is 0. The van der Waals surface area contributed by atoms with Gasteiger partial charge in [-0.1, -0.05) is 134 Å². The van der Waals surface area contributed by atoms with Gasteiger partial charge in [0.05, 0.1) is 18.1 Å². The minimum atomic E-state index is -0.449. The van der Waals surface area contributed by atoms with Crippen molar-refractivity contribution in [3.8, 4) is 22.6 Å². The van der Waals surface area contributed by atoms with Crippen LogP contribution in [0.1, 0.15) is 127 Å². The van der Waals surface area contributed by atoms with Crippen LogP contribution in [0.4, 0.5) is 0 Å². The summed E-state index contributed by atoms with van der Waals surface area (Å²) in [6.07, 6.45) is 13.3. The Bertz CT molecular complexity index is 1650. The maximum Gasteiger partial charge on any atom is 0.343 e. The summed E-state index contributed by atoms with van der Waals surface area (Å²) < 4.78 is 16.8. The van der Waals surface area contributed by atoms with Gasteiger partial charge in [0.1, 0.15) is 11.5 Å². The maximum absolute atomic E-state index is 13.0. The molecule has 0 radical (unpaired) electrons. The van der Waals surface area contributed by atoms with E-state index >= 15 is 0 Å². The number of hydrogen-bond donors (Lipinski definition) is 0. The Labute approximate surface area is 298 Å². The van der Waals surface area contributed by atoms with Crippen molar-refractivity contribution in [2.75, 3.05) is 6.61 Å². The summed E-state index contributed by atoms with van der Waals surface area (Å²) in [5, 5.41) is 1.86. The molecule has 4 aromatic carbocycles. The van der Waals surface area contributed by atoms with Crippen LogP contribution >= 0.6 is 0 Å². The zero-order chi connectivity index (χ0) is 35.7. The molecule has 6 heteroatoms. The minimum absolute atomic E-state index is 0.195. The van der Waals surface area contributed by atoms with Gasteiger partial charge >= 0.3 is 17.9 Å². The van der Waals surface area contributed by atoms with Crippen LogP contribution < -0.4 is 9.47 Å². The molecule has 0 saturated carbocycles. The van der Waals surface area contributed by atoms with Crippen LogP contribution in [0.25, 0.3) is 21.9 Å². The van der Waals surface area contributed by atoms with Crippen molar-refractivity contribution >= 4 is 28.7 Å². The van der Waals surface area contributed by atoms with Gasteiger partial charge in [-0.15, -0.1) is 0 Å². The Morgan fingerprint density at radius 1 is 0.600 bits per heavy atom. The molecule has 0 bridgehead atoms. The van der Waals surface area contributed by atoms with Crippen LogP contribution in [-0.4, -0.2) is 24.5 Å². The van der Waals surface area contributed by atoms with Crippen molar-refractivity contribution < 1.29 is 28.6 Å². The lowest BCUT2D eigenvalue weighted by Gasteiger charge is -2.16. The molecular weight excluding hydrogens is 624 g/mol. The molecule has 50 heavy (non-hydrogen) atoms. The summed E-state index contributed by atoms with van der Waals surface area (Å²) in [4.78, 5) is 37.9. The first-order chi connectivity index (χ1) is 24.3. The third kappa shape index (κ3) is 11.9. The predicted octanol–water partition coefficient (Wildman–Crippen LogP) is 11.6. The highest BCUT2D eigenvalue weighted by atomic mass is 16.5. The number of unbranched alkanes of at least 4 members (excludes halogenated alkanes) is 8. The Morgan fingerprint density at radius 2 is 1.16 bits per heavy atom. The summed E-state index contributed by atoms with van der Waals surface area (Å²) in [5.41, 5.74) is 3.21. The highest BCUT2D eigenvalue weighted by Gasteiger charge is 2.19. The van der Waals surface area contributed by atoms with Crippen molar-refractivity contribution in [2.45, 2.75) is 111 Å². The molecule has 0 heterocycles. The van der Waals surface area contributed by atoms with Crippen LogP contribution in [0.5, 0.6) is 11.5 Å². The molecule has 266 valence electrons. The predicted molar refractivity (Wildman–Crippen MR) is 202 cm³/mol. The lowest BCUT2D eigenvalue weighted by Crippen LogP contribution is -2.18. The van der Waals surface area contributed by atoms with Gasteiger partial charge in [-0.25, -0.2) is 4.79 Å². The summed E-state index contributed by atoms with van der Waals surface area (Å²) in [6.45, 7) is 8.77. The zero-order valence-corrected chi connectivity index (χ0v) is 30.4. The Morgan fingerprint density at radius 3 is 1.80 bits per heavy atom. The Balaban J connectivity index is 1.24. The van der Waals surface area contributed by atoms with Crippen molar-refractivity contribution in [1.82, 2.24) is 0 Å². The molecule has 0 aliphatic carbocycles. The van der Waals surface area contributed by atoms with Gasteiger partial charge < -0.3 is 14.2 Å². The topological polar surface area (TPSA) is 78.9 Å². The molecule has 1 atom stereocenters. The second-order valence-corrected chi connectivity index (χ2v) is 13.3. The zero-order valence-electron chi connectivity index (χ0n) is 30.4. The number of ether oxygens (including phenoxy) is 3. The van der Waals surface area contributed by atoms with E-state index in [-0.39, 0.29) is 17.9 Å². The third-order valence-corrected chi connectivity index (χ3v) is 9.54. The summed E-state index contributed by atoms with van der Waals surface area (Å²) in [6, 6.07) is 26.0. The maximum atomic E-state index is 13.0. The van der Waals surface area contributed by atoms with Crippen molar-refractivity contribution in [3.05, 3.63) is 96.1 Å². The van der Waals surface area contributed by atoms with Crippen molar-refractivity contribution in [1.29, 1.82) is 0 Å². The first-order valence-electron chi connectivity index (χ1n) is 18.6. The molecule has 4 rings (SSSR count). The number of carbonyl (C=O) groups excluding carboxylic acids is 3. The lowest BCUT2D eigenvalue weighted by atomic mass is 9.97. The minimum Gasteiger partial charge on any atom is -0.465 e. The van der Waals surface area contributed by atoms with Gasteiger partial charge in [-0.2, -0.15) is 0 Å². The normalized spacial score (nSPS) is 11.8. The quantitative estimate of drug-likeness (QED) is 0.0526. The lowest BCUT2D eigenvalue weighted by molar-refractivity contribution is -0.146. The Hall–Kier alpha value is -4.45. The molecule has 0 fully saturated rings. The largest absolute Gasteiger partial charge is 0.465 e. The van der Waals surface area contributed by atoms with Crippen LogP contribution in [-0.2, 0) is 14.3 Å². The smallest absolute Gasteiger partial charge is 0.343 e. The van der Waals surface area contributed by atoms with Crippen LogP contribution in [0.3, 0.4) is 0 Å². The number of esters is 3. The van der Waals surface area contributed by atoms with E-state index in [4.69, 9.17) is 14.2 Å². The average molecular weight is 679 g/mol. The first-order valence-corrected chi connectivity index (χ1v) is 18.6. The van der Waals surface area contributed by atoms with Gasteiger partial charge in [-0.3, -0.25) is 9.59 Å². The molecule has 0 aromatic heterocycles. The van der Waals surface area contributed by atoms with Gasteiger partial charge in [0.2, 0.25) is 0 Å². The molecule has 0 N–H and O–H groups in total. The monoisotopic (exact) mass is 678 g/mol. The number of hydrogen-bond acceptors (Lipinski definition) is 6. The number of benzene rings is 4. The van der Waals surface area contributed by atoms with E-state index in [1.54, 1.807) is 30.3 Å². The first kappa shape index (κ1) is 38.4. The fourth-order valence-electron chi connectivity index (χ4n) is 6.00. The molecule has 4 aromatic rings. The molecule has 0 unspecified atom stereocenters. The molecule has 0 aliphatic heterocycles. The SMILES string of the molecule is CCCCCCCCCCCC(=O)Oc1ccc(-c2ccc(C(=O)Oc3ccc4cc([C@H](C)C(=O)OCC(CC)CC)ccc4c3)cc2)cc1. The van der Waals surface area contributed by atoms with E-state index in [0.29, 0.717) is 36.0 Å². The second-order valence-electron chi connectivity index (χ2n) is 13.3. The highest BCUT2D eigenvalue weighted by molar-refractivity contribution is 5.93. The fourth-order valence-corrected chi connectivity index (χ4v) is 6.00. The van der Waals surface area contributed by atoms with E-state index in [1.807, 2.05) is 61.5 Å². The molecule has 0 spiro atoms. The average Bonchev–Trinajstić information content (AvgIpc) is 3.14. The van der Waals surface area contributed by atoms with Crippen LogP contribution in [0.15, 0.2) is 84.9 Å². The van der Waals surface area contributed by atoms with Gasteiger partial charge in [0, 0.05) is 6.42 Å². The third-order valence-electron chi connectivity index (χ3n) is 9.54. The van der Waals surface area contributed by atoms with E-state index in [2.05, 4.69) is 20.8 Å². The molecule has 0 amide bonds. The molecular formula is C44H54O6. The van der Waals surface area contributed by atoms with E-state index < -0.39 is 5.97 Å². The van der Waals surface area contributed by atoms with E-state index in [1.165, 1.54) is 44.9 Å². The number of carbonyl (C=O) groups is 3. The molecule has 0 aliphatic rings.